The van der Waals surface area contributed by atoms with Crippen molar-refractivity contribution in [1.29, 1.82) is 0 Å². The molecule has 0 spiro atoms. The molecule has 0 bridgehead atoms. The summed E-state index contributed by atoms with van der Waals surface area (Å²) in [5.74, 6) is 0.594. The van der Waals surface area contributed by atoms with Gasteiger partial charge in [-0.05, 0) is 28.3 Å². The lowest BCUT2D eigenvalue weighted by molar-refractivity contribution is 0.102. The summed E-state index contributed by atoms with van der Waals surface area (Å²) in [6.07, 6.45) is 3.39. The molecule has 11 heavy (non-hydrogen) atoms. The van der Waals surface area contributed by atoms with Crippen molar-refractivity contribution in [3.8, 4) is 0 Å². The summed E-state index contributed by atoms with van der Waals surface area (Å²) in [6, 6.07) is 1.67. The number of furan rings is 1. The fourth-order valence-corrected chi connectivity index (χ4v) is 1.58. The fraction of sp³-hybridized carbons (Fsp3) is 0.286. The summed E-state index contributed by atoms with van der Waals surface area (Å²) in [5, 5.41) is 0. The number of rotatable bonds is 3. The van der Waals surface area contributed by atoms with Gasteiger partial charge in [0.05, 0.1) is 17.6 Å². The number of ketones is 1. The maximum Gasteiger partial charge on any atom is 0.179 e. The lowest BCUT2D eigenvalue weighted by Gasteiger charge is -1.92. The number of hydrogen-bond acceptors (Lipinski definition) is 3. The molecule has 0 aromatic carbocycles. The molecule has 1 heterocycles. The van der Waals surface area contributed by atoms with Crippen LogP contribution in [0.4, 0.5) is 0 Å². The second kappa shape index (κ2) is 3.97. The molecule has 1 aromatic rings. The van der Waals surface area contributed by atoms with Gasteiger partial charge in [0.2, 0.25) is 0 Å². The van der Waals surface area contributed by atoms with Crippen LogP contribution in [0.3, 0.4) is 0 Å². The maximum atomic E-state index is 11.2. The molecule has 4 heteroatoms. The molecular formula is C7H7BrO2S. The summed E-state index contributed by atoms with van der Waals surface area (Å²) >= 11 is 4.64. The number of thioether (sulfide) groups is 1. The monoisotopic (exact) mass is 234 g/mol. The highest BCUT2D eigenvalue weighted by Crippen LogP contribution is 2.18. The lowest BCUT2D eigenvalue weighted by atomic mass is 10.2. The zero-order valence-electron chi connectivity index (χ0n) is 5.96. The first-order chi connectivity index (χ1) is 5.25. The van der Waals surface area contributed by atoms with E-state index in [1.165, 1.54) is 18.0 Å². The highest BCUT2D eigenvalue weighted by Gasteiger charge is 2.10. The Morgan fingerprint density at radius 1 is 1.82 bits per heavy atom. The van der Waals surface area contributed by atoms with E-state index in [4.69, 9.17) is 4.42 Å². The van der Waals surface area contributed by atoms with Gasteiger partial charge in [-0.25, -0.2) is 0 Å². The SMILES string of the molecule is CSCC(=O)c1ccoc1Br. The topological polar surface area (TPSA) is 30.2 Å². The van der Waals surface area contributed by atoms with Crippen molar-refractivity contribution in [3.05, 3.63) is 22.6 Å². The van der Waals surface area contributed by atoms with Gasteiger partial charge in [0, 0.05) is 0 Å². The van der Waals surface area contributed by atoms with Gasteiger partial charge in [0.15, 0.2) is 10.5 Å². The zero-order valence-corrected chi connectivity index (χ0v) is 8.37. The zero-order chi connectivity index (χ0) is 8.27. The molecule has 1 rings (SSSR count). The van der Waals surface area contributed by atoms with E-state index in [0.717, 1.165) is 0 Å². The molecule has 0 aliphatic heterocycles. The average Bonchev–Trinajstić information content (AvgIpc) is 2.36. The standard InChI is InChI=1S/C7H7BrO2S/c1-11-4-6(9)5-2-3-10-7(5)8/h2-3H,4H2,1H3. The minimum absolute atomic E-state index is 0.0955. The molecule has 0 aliphatic carbocycles. The maximum absolute atomic E-state index is 11.2. The third kappa shape index (κ3) is 2.10. The molecule has 0 fully saturated rings. The van der Waals surface area contributed by atoms with Crippen molar-refractivity contribution in [1.82, 2.24) is 0 Å². The van der Waals surface area contributed by atoms with Gasteiger partial charge >= 0.3 is 0 Å². The molecular weight excluding hydrogens is 228 g/mol. The highest BCUT2D eigenvalue weighted by atomic mass is 79.9. The van der Waals surface area contributed by atoms with Gasteiger partial charge in [0.25, 0.3) is 0 Å². The molecule has 2 nitrogen and oxygen atoms in total. The Balaban J connectivity index is 2.76. The third-order valence-corrected chi connectivity index (χ3v) is 2.36. The Morgan fingerprint density at radius 3 is 3.00 bits per heavy atom. The van der Waals surface area contributed by atoms with Crippen LogP contribution >= 0.6 is 27.7 Å². The van der Waals surface area contributed by atoms with E-state index >= 15 is 0 Å². The van der Waals surface area contributed by atoms with E-state index < -0.39 is 0 Å². The summed E-state index contributed by atoms with van der Waals surface area (Å²) < 4.78 is 5.44. The summed E-state index contributed by atoms with van der Waals surface area (Å²) in [5.41, 5.74) is 0.624. The van der Waals surface area contributed by atoms with Gasteiger partial charge in [-0.3, -0.25) is 4.79 Å². The number of carbonyl (C=O) groups excluding carboxylic acids is 1. The van der Waals surface area contributed by atoms with Crippen molar-refractivity contribution in [2.75, 3.05) is 12.0 Å². The predicted molar refractivity (Wildman–Crippen MR) is 49.1 cm³/mol. The second-order valence-electron chi connectivity index (χ2n) is 1.96. The largest absolute Gasteiger partial charge is 0.457 e. The van der Waals surface area contributed by atoms with Crippen LogP contribution < -0.4 is 0 Å². The van der Waals surface area contributed by atoms with Crippen molar-refractivity contribution in [2.24, 2.45) is 0 Å². The molecule has 0 unspecified atom stereocenters. The first-order valence-corrected chi connectivity index (χ1v) is 5.19. The van der Waals surface area contributed by atoms with Gasteiger partial charge in [0.1, 0.15) is 0 Å². The molecule has 0 radical (unpaired) electrons. The van der Waals surface area contributed by atoms with Gasteiger partial charge < -0.3 is 4.42 Å². The van der Waals surface area contributed by atoms with E-state index in [9.17, 15) is 4.79 Å². The summed E-state index contributed by atoms with van der Waals surface area (Å²) in [4.78, 5) is 11.2. The van der Waals surface area contributed by atoms with Crippen molar-refractivity contribution < 1.29 is 9.21 Å². The van der Waals surface area contributed by atoms with Gasteiger partial charge in [-0.2, -0.15) is 11.8 Å². The van der Waals surface area contributed by atoms with Crippen LogP contribution in [-0.4, -0.2) is 17.8 Å². The van der Waals surface area contributed by atoms with Crippen LogP contribution in [-0.2, 0) is 0 Å². The fourth-order valence-electron chi connectivity index (χ4n) is 0.702. The van der Waals surface area contributed by atoms with E-state index in [1.54, 1.807) is 6.07 Å². The van der Waals surface area contributed by atoms with Crippen LogP contribution in [0.5, 0.6) is 0 Å². The number of Topliss-reactive ketones (excluding diaryl/α,β-unsaturated/α-hetero) is 1. The van der Waals surface area contributed by atoms with Gasteiger partial charge in [-0.15, -0.1) is 0 Å². The normalized spacial score (nSPS) is 10.0. The molecule has 0 atom stereocenters. The van der Waals surface area contributed by atoms with Crippen molar-refractivity contribution in [2.45, 2.75) is 0 Å². The number of hydrogen-bond donors (Lipinski definition) is 0. The smallest absolute Gasteiger partial charge is 0.179 e. The minimum Gasteiger partial charge on any atom is -0.457 e. The number of carbonyl (C=O) groups is 1. The summed E-state index contributed by atoms with van der Waals surface area (Å²) in [6.45, 7) is 0. The molecule has 60 valence electrons. The Morgan fingerprint density at radius 2 is 2.55 bits per heavy atom. The summed E-state index contributed by atoms with van der Waals surface area (Å²) in [7, 11) is 0. The lowest BCUT2D eigenvalue weighted by Crippen LogP contribution is -2.00. The molecule has 0 aliphatic rings. The van der Waals surface area contributed by atoms with E-state index in [-0.39, 0.29) is 5.78 Å². The minimum atomic E-state index is 0.0955. The van der Waals surface area contributed by atoms with Crippen LogP contribution in [0.25, 0.3) is 0 Å². The first kappa shape index (κ1) is 8.87. The number of halogens is 1. The first-order valence-electron chi connectivity index (χ1n) is 3.01. The Labute approximate surface area is 77.5 Å². The third-order valence-electron chi connectivity index (χ3n) is 1.19. The molecule has 0 amide bonds. The van der Waals surface area contributed by atoms with Crippen molar-refractivity contribution in [3.63, 3.8) is 0 Å². The average molecular weight is 235 g/mol. The van der Waals surface area contributed by atoms with Crippen molar-refractivity contribution >= 4 is 33.5 Å². The Kier molecular flexibility index (Phi) is 3.20. The van der Waals surface area contributed by atoms with E-state index in [1.807, 2.05) is 6.26 Å². The van der Waals surface area contributed by atoms with Gasteiger partial charge in [-0.1, -0.05) is 0 Å². The Hall–Kier alpha value is -0.220. The van der Waals surface area contributed by atoms with Crippen LogP contribution in [0.2, 0.25) is 0 Å². The van der Waals surface area contributed by atoms with Crippen LogP contribution in [0, 0.1) is 0 Å². The highest BCUT2D eigenvalue weighted by molar-refractivity contribution is 9.10. The quantitative estimate of drug-likeness (QED) is 0.754. The molecule has 0 saturated heterocycles. The van der Waals surface area contributed by atoms with E-state index in [2.05, 4.69) is 15.9 Å². The van der Waals surface area contributed by atoms with Crippen LogP contribution in [0.15, 0.2) is 21.4 Å². The molecule has 0 N–H and O–H groups in total. The van der Waals surface area contributed by atoms with Crippen LogP contribution in [0.1, 0.15) is 10.4 Å². The predicted octanol–water partition coefficient (Wildman–Crippen LogP) is 2.59. The van der Waals surface area contributed by atoms with E-state index in [0.29, 0.717) is 16.0 Å². The second-order valence-corrected chi connectivity index (χ2v) is 3.55. The molecule has 0 saturated carbocycles. The Bertz CT molecular complexity index is 257. The molecule has 1 aromatic heterocycles.